The highest BCUT2D eigenvalue weighted by atomic mass is 16.7. The highest BCUT2D eigenvalue weighted by Crippen LogP contribution is 2.32. The van der Waals surface area contributed by atoms with Crippen molar-refractivity contribution >= 4 is 5.91 Å². The van der Waals surface area contributed by atoms with Crippen molar-refractivity contribution in [3.8, 4) is 11.5 Å². The Kier molecular flexibility index (Phi) is 3.24. The van der Waals surface area contributed by atoms with Gasteiger partial charge in [-0.1, -0.05) is 11.3 Å². The molecule has 2 aromatic rings. The van der Waals surface area contributed by atoms with E-state index in [4.69, 9.17) is 9.47 Å². The minimum atomic E-state index is -0.182. The minimum absolute atomic E-state index is 0.182. The van der Waals surface area contributed by atoms with Crippen LogP contribution in [-0.2, 0) is 13.5 Å². The van der Waals surface area contributed by atoms with Gasteiger partial charge in [0.15, 0.2) is 11.5 Å². The summed E-state index contributed by atoms with van der Waals surface area (Å²) in [4.78, 5) is 11.8. The molecule has 0 spiro atoms. The van der Waals surface area contributed by atoms with Crippen molar-refractivity contribution in [2.75, 3.05) is 13.3 Å². The average molecular weight is 274 g/mol. The number of carbonyl (C=O) groups is 1. The van der Waals surface area contributed by atoms with Crippen molar-refractivity contribution in [3.63, 3.8) is 0 Å². The van der Waals surface area contributed by atoms with E-state index in [9.17, 15) is 4.79 Å². The van der Waals surface area contributed by atoms with Gasteiger partial charge in [-0.2, -0.15) is 0 Å². The number of fused-ring (bicyclic) bond motifs is 1. The lowest BCUT2D eigenvalue weighted by molar-refractivity contribution is 0.0944. The van der Waals surface area contributed by atoms with Gasteiger partial charge in [-0.3, -0.25) is 4.79 Å². The van der Waals surface area contributed by atoms with Crippen LogP contribution in [0.2, 0.25) is 0 Å². The zero-order valence-corrected chi connectivity index (χ0v) is 11.0. The van der Waals surface area contributed by atoms with E-state index in [1.807, 2.05) is 18.2 Å². The van der Waals surface area contributed by atoms with Gasteiger partial charge in [0, 0.05) is 13.6 Å². The minimum Gasteiger partial charge on any atom is -0.454 e. The highest BCUT2D eigenvalue weighted by Gasteiger charge is 2.13. The van der Waals surface area contributed by atoms with E-state index in [-0.39, 0.29) is 12.7 Å². The van der Waals surface area contributed by atoms with Crippen LogP contribution in [0.15, 0.2) is 24.4 Å². The molecule has 7 heteroatoms. The second-order valence-corrected chi connectivity index (χ2v) is 4.44. The molecule has 0 bridgehead atoms. The van der Waals surface area contributed by atoms with E-state index in [1.165, 1.54) is 10.9 Å². The first-order valence-electron chi connectivity index (χ1n) is 6.25. The normalized spacial score (nSPS) is 12.4. The first kappa shape index (κ1) is 12.5. The molecule has 0 saturated carbocycles. The Morgan fingerprint density at radius 1 is 1.40 bits per heavy atom. The molecule has 3 rings (SSSR count). The maximum Gasteiger partial charge on any atom is 0.271 e. The number of hydrogen-bond acceptors (Lipinski definition) is 5. The number of rotatable bonds is 4. The van der Waals surface area contributed by atoms with Crippen molar-refractivity contribution in [1.29, 1.82) is 0 Å². The number of ether oxygens (including phenoxy) is 2. The number of nitrogens with one attached hydrogen (secondary N) is 1. The van der Waals surface area contributed by atoms with Crippen molar-refractivity contribution in [2.45, 2.75) is 6.42 Å². The van der Waals surface area contributed by atoms with E-state index < -0.39 is 0 Å². The summed E-state index contributed by atoms with van der Waals surface area (Å²) in [6.07, 6.45) is 2.16. The number of hydrogen-bond donors (Lipinski definition) is 1. The van der Waals surface area contributed by atoms with Crippen LogP contribution >= 0.6 is 0 Å². The van der Waals surface area contributed by atoms with Crippen molar-refractivity contribution < 1.29 is 14.3 Å². The predicted molar refractivity (Wildman–Crippen MR) is 69.6 cm³/mol. The van der Waals surface area contributed by atoms with E-state index >= 15 is 0 Å². The zero-order chi connectivity index (χ0) is 13.9. The third-order valence-electron chi connectivity index (χ3n) is 3.08. The molecule has 1 aromatic carbocycles. The summed E-state index contributed by atoms with van der Waals surface area (Å²) >= 11 is 0. The van der Waals surface area contributed by atoms with Crippen LogP contribution in [0.4, 0.5) is 0 Å². The fraction of sp³-hybridized carbons (Fsp3) is 0.308. The van der Waals surface area contributed by atoms with Crippen molar-refractivity contribution in [1.82, 2.24) is 20.3 Å². The Labute approximate surface area is 115 Å². The molecule has 0 fully saturated rings. The molecule has 1 amide bonds. The Morgan fingerprint density at radius 3 is 3.05 bits per heavy atom. The van der Waals surface area contributed by atoms with E-state index in [0.717, 1.165) is 17.1 Å². The zero-order valence-electron chi connectivity index (χ0n) is 11.0. The Balaban J connectivity index is 1.55. The maximum atomic E-state index is 11.8. The quantitative estimate of drug-likeness (QED) is 0.879. The lowest BCUT2D eigenvalue weighted by Gasteiger charge is -2.05. The third kappa shape index (κ3) is 2.42. The van der Waals surface area contributed by atoms with Crippen LogP contribution in [-0.4, -0.2) is 34.2 Å². The van der Waals surface area contributed by atoms with E-state index in [0.29, 0.717) is 18.7 Å². The van der Waals surface area contributed by atoms with Gasteiger partial charge in [0.2, 0.25) is 6.79 Å². The molecule has 2 heterocycles. The second-order valence-electron chi connectivity index (χ2n) is 4.44. The van der Waals surface area contributed by atoms with Crippen LogP contribution in [0.5, 0.6) is 11.5 Å². The van der Waals surface area contributed by atoms with Gasteiger partial charge in [-0.15, -0.1) is 5.10 Å². The molecule has 20 heavy (non-hydrogen) atoms. The molecular weight excluding hydrogens is 260 g/mol. The van der Waals surface area contributed by atoms with Crippen LogP contribution in [0.1, 0.15) is 16.1 Å². The molecule has 0 atom stereocenters. The maximum absolute atomic E-state index is 11.8. The highest BCUT2D eigenvalue weighted by molar-refractivity contribution is 5.92. The van der Waals surface area contributed by atoms with Gasteiger partial charge < -0.3 is 14.8 Å². The van der Waals surface area contributed by atoms with Crippen molar-refractivity contribution in [3.05, 3.63) is 35.7 Å². The summed E-state index contributed by atoms with van der Waals surface area (Å²) in [5.41, 5.74) is 1.52. The van der Waals surface area contributed by atoms with Crippen LogP contribution in [0.3, 0.4) is 0 Å². The SMILES string of the molecule is Cn1nncc1C(=O)NCCc1ccc2c(c1)OCO2. The molecule has 104 valence electrons. The van der Waals surface area contributed by atoms with Crippen LogP contribution in [0, 0.1) is 0 Å². The lowest BCUT2D eigenvalue weighted by Crippen LogP contribution is -2.27. The molecule has 0 unspecified atom stereocenters. The number of nitrogens with zero attached hydrogens (tertiary/aromatic N) is 3. The first-order valence-corrected chi connectivity index (χ1v) is 6.25. The van der Waals surface area contributed by atoms with E-state index in [1.54, 1.807) is 7.05 Å². The van der Waals surface area contributed by atoms with Gasteiger partial charge in [0.05, 0.1) is 6.20 Å². The monoisotopic (exact) mass is 274 g/mol. The number of aryl methyl sites for hydroxylation is 1. The number of carbonyl (C=O) groups excluding carboxylic acids is 1. The fourth-order valence-electron chi connectivity index (χ4n) is 2.00. The number of aromatic nitrogens is 3. The smallest absolute Gasteiger partial charge is 0.271 e. The molecular formula is C13H14N4O3. The molecule has 0 saturated heterocycles. The average Bonchev–Trinajstić information content (AvgIpc) is 3.06. The van der Waals surface area contributed by atoms with E-state index in [2.05, 4.69) is 15.6 Å². The molecule has 0 radical (unpaired) electrons. The number of benzene rings is 1. The van der Waals surface area contributed by atoms with Crippen LogP contribution < -0.4 is 14.8 Å². The number of amides is 1. The summed E-state index contributed by atoms with van der Waals surface area (Å²) < 4.78 is 12.0. The fourth-order valence-corrected chi connectivity index (χ4v) is 2.00. The summed E-state index contributed by atoms with van der Waals surface area (Å²) in [6, 6.07) is 5.77. The summed E-state index contributed by atoms with van der Waals surface area (Å²) in [7, 11) is 1.68. The van der Waals surface area contributed by atoms with Gasteiger partial charge >= 0.3 is 0 Å². The Hall–Kier alpha value is -2.57. The van der Waals surface area contributed by atoms with Gasteiger partial charge in [-0.25, -0.2) is 4.68 Å². The van der Waals surface area contributed by atoms with Gasteiger partial charge in [0.25, 0.3) is 5.91 Å². The van der Waals surface area contributed by atoms with Crippen molar-refractivity contribution in [2.24, 2.45) is 7.05 Å². The standard InChI is InChI=1S/C13H14N4O3/c1-17-10(7-15-16-17)13(18)14-5-4-9-2-3-11-12(6-9)20-8-19-11/h2-3,6-7H,4-5,8H2,1H3,(H,14,18). The largest absolute Gasteiger partial charge is 0.454 e. The topological polar surface area (TPSA) is 78.3 Å². The lowest BCUT2D eigenvalue weighted by atomic mass is 10.1. The third-order valence-corrected chi connectivity index (χ3v) is 3.08. The molecule has 1 aliphatic heterocycles. The van der Waals surface area contributed by atoms with Gasteiger partial charge in [0.1, 0.15) is 5.69 Å². The predicted octanol–water partition coefficient (Wildman–Crippen LogP) is 0.516. The summed E-state index contributed by atoms with van der Waals surface area (Å²) in [6.45, 7) is 0.798. The molecule has 1 N–H and O–H groups in total. The summed E-state index contributed by atoms with van der Waals surface area (Å²) in [5, 5.41) is 10.2. The second kappa shape index (κ2) is 5.20. The molecule has 1 aliphatic rings. The molecule has 1 aromatic heterocycles. The van der Waals surface area contributed by atoms with Gasteiger partial charge in [-0.05, 0) is 24.1 Å². The Morgan fingerprint density at radius 2 is 2.25 bits per heavy atom. The summed E-state index contributed by atoms with van der Waals surface area (Å²) in [5.74, 6) is 1.33. The van der Waals surface area contributed by atoms with Crippen LogP contribution in [0.25, 0.3) is 0 Å². The first-order chi connectivity index (χ1) is 9.74. The molecule has 7 nitrogen and oxygen atoms in total. The molecule has 0 aliphatic carbocycles. The Bertz CT molecular complexity index is 638.